The highest BCUT2D eigenvalue weighted by Crippen LogP contribution is 1.81. The van der Waals surface area contributed by atoms with Crippen LogP contribution in [0.1, 0.15) is 0 Å². The van der Waals surface area contributed by atoms with E-state index in [4.69, 9.17) is 0 Å². The SMILES string of the molecule is CO[Si](N=C=O)OC. The molecular formula is C3H6NO3Si. The van der Waals surface area contributed by atoms with Crippen LogP contribution in [0.15, 0.2) is 4.66 Å². The van der Waals surface area contributed by atoms with Gasteiger partial charge in [0.1, 0.15) is 0 Å². The lowest BCUT2D eigenvalue weighted by Crippen LogP contribution is -2.15. The quantitative estimate of drug-likeness (QED) is 0.298. The third-order valence-corrected chi connectivity index (χ3v) is 1.46. The molecule has 0 N–H and O–H groups in total. The molecule has 4 nitrogen and oxygen atoms in total. The zero-order valence-corrected chi connectivity index (χ0v) is 5.67. The highest BCUT2D eigenvalue weighted by atomic mass is 28.3. The number of hydrogen-bond acceptors (Lipinski definition) is 4. The molecule has 0 unspecified atom stereocenters. The van der Waals surface area contributed by atoms with Crippen LogP contribution >= 0.6 is 0 Å². The zero-order valence-electron chi connectivity index (χ0n) is 4.67. The summed E-state index contributed by atoms with van der Waals surface area (Å²) in [6, 6.07) is 0. The summed E-state index contributed by atoms with van der Waals surface area (Å²) in [5.41, 5.74) is 0. The van der Waals surface area contributed by atoms with Crippen molar-refractivity contribution in [1.29, 1.82) is 0 Å². The van der Waals surface area contributed by atoms with Gasteiger partial charge in [-0.25, -0.2) is 4.79 Å². The van der Waals surface area contributed by atoms with Crippen molar-refractivity contribution in [3.63, 3.8) is 0 Å². The maximum atomic E-state index is 9.51. The summed E-state index contributed by atoms with van der Waals surface area (Å²) in [7, 11) is 1.19. The Labute approximate surface area is 49.1 Å². The van der Waals surface area contributed by atoms with E-state index in [1.165, 1.54) is 20.3 Å². The first kappa shape index (κ1) is 7.52. The van der Waals surface area contributed by atoms with Crippen LogP contribution in [0.2, 0.25) is 0 Å². The van der Waals surface area contributed by atoms with Crippen LogP contribution in [-0.2, 0) is 13.6 Å². The van der Waals surface area contributed by atoms with Gasteiger partial charge < -0.3 is 8.85 Å². The van der Waals surface area contributed by atoms with E-state index in [2.05, 4.69) is 13.5 Å². The van der Waals surface area contributed by atoms with Gasteiger partial charge in [0.15, 0.2) is 0 Å². The fourth-order valence-electron chi connectivity index (χ4n) is 0.212. The second-order valence-electron chi connectivity index (χ2n) is 0.877. The average molecular weight is 132 g/mol. The third kappa shape index (κ3) is 2.65. The van der Waals surface area contributed by atoms with E-state index < -0.39 is 9.45 Å². The molecule has 0 aliphatic carbocycles. The molecule has 0 aromatic heterocycles. The maximum Gasteiger partial charge on any atom is 0.559 e. The van der Waals surface area contributed by atoms with Crippen molar-refractivity contribution in [3.8, 4) is 0 Å². The van der Waals surface area contributed by atoms with Crippen LogP contribution in [0, 0.1) is 0 Å². The van der Waals surface area contributed by atoms with Gasteiger partial charge in [-0.3, -0.25) is 0 Å². The van der Waals surface area contributed by atoms with Gasteiger partial charge in [0.25, 0.3) is 0 Å². The molecule has 0 spiro atoms. The van der Waals surface area contributed by atoms with E-state index in [0.29, 0.717) is 0 Å². The highest BCUT2D eigenvalue weighted by molar-refractivity contribution is 6.43. The van der Waals surface area contributed by atoms with Gasteiger partial charge in [0, 0.05) is 14.2 Å². The fraction of sp³-hybridized carbons (Fsp3) is 0.667. The van der Waals surface area contributed by atoms with Gasteiger partial charge in [0.05, 0.1) is 0 Å². The van der Waals surface area contributed by atoms with E-state index in [1.54, 1.807) is 0 Å². The van der Waals surface area contributed by atoms with Crippen molar-refractivity contribution in [2.24, 2.45) is 4.66 Å². The van der Waals surface area contributed by atoms with Crippen LogP contribution in [0.3, 0.4) is 0 Å². The Kier molecular flexibility index (Phi) is 4.39. The smallest absolute Gasteiger partial charge is 0.378 e. The molecule has 0 saturated heterocycles. The summed E-state index contributed by atoms with van der Waals surface area (Å²) in [5.74, 6) is 0. The number of nitrogens with zero attached hydrogens (tertiary/aromatic N) is 1. The first-order valence-corrected chi connectivity index (χ1v) is 3.14. The van der Waals surface area contributed by atoms with E-state index in [1.807, 2.05) is 0 Å². The lowest BCUT2D eigenvalue weighted by Gasteiger charge is -1.96. The first-order chi connectivity index (χ1) is 3.85. The molecule has 0 aromatic rings. The summed E-state index contributed by atoms with van der Waals surface area (Å²) in [4.78, 5) is 9.51. The predicted octanol–water partition coefficient (Wildman–Crippen LogP) is -0.400. The van der Waals surface area contributed by atoms with Crippen LogP contribution in [0.25, 0.3) is 0 Å². The average Bonchev–Trinajstić information content (AvgIpc) is 1.83. The Bertz CT molecular complexity index is 96.7. The fourth-order valence-corrected chi connectivity index (χ4v) is 0.636. The van der Waals surface area contributed by atoms with E-state index in [0.717, 1.165) is 0 Å². The van der Waals surface area contributed by atoms with Gasteiger partial charge in [-0.1, -0.05) is 0 Å². The van der Waals surface area contributed by atoms with Gasteiger partial charge in [0.2, 0.25) is 6.08 Å². The molecule has 0 aromatic carbocycles. The molecule has 0 aliphatic heterocycles. The molecular weight excluding hydrogens is 126 g/mol. The molecule has 0 aliphatic rings. The lowest BCUT2D eigenvalue weighted by molar-refractivity contribution is 0.280. The van der Waals surface area contributed by atoms with Crippen LogP contribution < -0.4 is 0 Å². The predicted molar refractivity (Wildman–Crippen MR) is 27.9 cm³/mol. The monoisotopic (exact) mass is 132 g/mol. The highest BCUT2D eigenvalue weighted by Gasteiger charge is 2.09. The van der Waals surface area contributed by atoms with E-state index in [9.17, 15) is 4.79 Å². The van der Waals surface area contributed by atoms with Crippen molar-refractivity contribution in [3.05, 3.63) is 0 Å². The topological polar surface area (TPSA) is 47.9 Å². The maximum absolute atomic E-state index is 9.51. The van der Waals surface area contributed by atoms with Crippen molar-refractivity contribution in [1.82, 2.24) is 0 Å². The van der Waals surface area contributed by atoms with Crippen molar-refractivity contribution in [2.45, 2.75) is 0 Å². The van der Waals surface area contributed by atoms with Crippen molar-refractivity contribution >= 4 is 15.5 Å². The lowest BCUT2D eigenvalue weighted by atomic mass is 11.7. The van der Waals surface area contributed by atoms with E-state index >= 15 is 0 Å². The standard InChI is InChI=1S/C3H6NO3Si/c1-6-8(7-2)4-3-5/h1-2H3. The van der Waals surface area contributed by atoms with Gasteiger partial charge >= 0.3 is 9.45 Å². The second-order valence-corrected chi connectivity index (χ2v) is 2.45. The summed E-state index contributed by atoms with van der Waals surface area (Å²) in [5, 5.41) is 0. The molecule has 1 radical (unpaired) electrons. The van der Waals surface area contributed by atoms with Crippen molar-refractivity contribution in [2.75, 3.05) is 14.2 Å². The van der Waals surface area contributed by atoms with E-state index in [-0.39, 0.29) is 0 Å². The normalized spacial score (nSPS) is 8.88. The first-order valence-electron chi connectivity index (χ1n) is 1.88. The third-order valence-electron chi connectivity index (χ3n) is 0.486. The number of hydrogen-bond donors (Lipinski definition) is 0. The largest absolute Gasteiger partial charge is 0.559 e. The number of rotatable bonds is 3. The van der Waals surface area contributed by atoms with Crippen molar-refractivity contribution < 1.29 is 13.6 Å². The van der Waals surface area contributed by atoms with Crippen LogP contribution in [-0.4, -0.2) is 29.7 Å². The summed E-state index contributed by atoms with van der Waals surface area (Å²) >= 11 is 0. The molecule has 0 heterocycles. The van der Waals surface area contributed by atoms with Gasteiger partial charge in [-0.15, -0.1) is 0 Å². The molecule has 0 amide bonds. The van der Waals surface area contributed by atoms with Gasteiger partial charge in [-0.2, -0.15) is 4.66 Å². The molecule has 0 saturated carbocycles. The molecule has 45 valence electrons. The minimum absolute atomic E-state index is 1.34. The number of isocyanates is 1. The van der Waals surface area contributed by atoms with Crippen LogP contribution in [0.5, 0.6) is 0 Å². The Morgan fingerprint density at radius 1 is 1.50 bits per heavy atom. The summed E-state index contributed by atoms with van der Waals surface area (Å²) in [6.45, 7) is 0. The van der Waals surface area contributed by atoms with Gasteiger partial charge in [-0.05, 0) is 0 Å². The minimum Gasteiger partial charge on any atom is -0.378 e. The Hall–Kier alpha value is -0.483. The Balaban J connectivity index is 3.52. The molecule has 8 heavy (non-hydrogen) atoms. The minimum atomic E-state index is -1.67. The Morgan fingerprint density at radius 2 is 2.00 bits per heavy atom. The Morgan fingerprint density at radius 3 is 2.12 bits per heavy atom. The number of carbonyl (C=O) groups excluding carboxylic acids is 1. The zero-order chi connectivity index (χ0) is 6.41. The summed E-state index contributed by atoms with van der Waals surface area (Å²) in [6.07, 6.45) is 1.34. The van der Waals surface area contributed by atoms with Crippen LogP contribution in [0.4, 0.5) is 0 Å². The molecule has 5 heteroatoms. The second kappa shape index (κ2) is 4.67. The molecule has 0 bridgehead atoms. The summed E-state index contributed by atoms with van der Waals surface area (Å²) < 4.78 is 12.4. The molecule has 0 fully saturated rings. The molecule has 0 rings (SSSR count). The molecule has 0 atom stereocenters.